The van der Waals surface area contributed by atoms with E-state index in [2.05, 4.69) is 14.9 Å². The number of carbonyl (C=O) groups is 1. The lowest BCUT2D eigenvalue weighted by molar-refractivity contribution is -0.136. The van der Waals surface area contributed by atoms with Gasteiger partial charge < -0.3 is 14.9 Å². The van der Waals surface area contributed by atoms with E-state index >= 15 is 0 Å². The number of carboxylic acid groups (broad SMARTS) is 1. The summed E-state index contributed by atoms with van der Waals surface area (Å²) in [6, 6.07) is 2.28. The SMILES string of the molecule is CN(C)c1nccc(N(CCC(=O)O)C2CC2)n1. The first-order valence-electron chi connectivity index (χ1n) is 6.06. The zero-order valence-electron chi connectivity index (χ0n) is 10.7. The van der Waals surface area contributed by atoms with Crippen molar-refractivity contribution in [2.24, 2.45) is 0 Å². The number of anilines is 2. The van der Waals surface area contributed by atoms with Crippen molar-refractivity contribution in [1.29, 1.82) is 0 Å². The second-order valence-electron chi connectivity index (χ2n) is 4.68. The highest BCUT2D eigenvalue weighted by atomic mass is 16.4. The smallest absolute Gasteiger partial charge is 0.305 e. The van der Waals surface area contributed by atoms with Crippen molar-refractivity contribution in [3.8, 4) is 0 Å². The maximum absolute atomic E-state index is 10.7. The van der Waals surface area contributed by atoms with Crippen molar-refractivity contribution in [3.63, 3.8) is 0 Å². The van der Waals surface area contributed by atoms with Gasteiger partial charge in [-0.05, 0) is 18.9 Å². The Kier molecular flexibility index (Phi) is 3.64. The Bertz CT molecular complexity index is 432. The molecular weight excluding hydrogens is 232 g/mol. The van der Waals surface area contributed by atoms with Crippen molar-refractivity contribution >= 4 is 17.7 Å². The highest BCUT2D eigenvalue weighted by Crippen LogP contribution is 2.31. The van der Waals surface area contributed by atoms with Crippen LogP contribution in [0.4, 0.5) is 11.8 Å². The molecule has 0 aliphatic heterocycles. The molecule has 1 fully saturated rings. The number of aliphatic carboxylic acids is 1. The molecule has 1 heterocycles. The van der Waals surface area contributed by atoms with Gasteiger partial charge in [0.15, 0.2) is 0 Å². The molecule has 2 rings (SSSR count). The number of carboxylic acids is 1. The first-order valence-corrected chi connectivity index (χ1v) is 6.06. The minimum Gasteiger partial charge on any atom is -0.481 e. The molecule has 6 nitrogen and oxygen atoms in total. The van der Waals surface area contributed by atoms with Gasteiger partial charge in [0.25, 0.3) is 0 Å². The molecule has 0 atom stereocenters. The van der Waals surface area contributed by atoms with E-state index < -0.39 is 5.97 Å². The third-order valence-electron chi connectivity index (χ3n) is 2.88. The fourth-order valence-corrected chi connectivity index (χ4v) is 1.80. The van der Waals surface area contributed by atoms with Crippen LogP contribution in [0.2, 0.25) is 0 Å². The average Bonchev–Trinajstić information content (AvgIpc) is 3.14. The lowest BCUT2D eigenvalue weighted by Crippen LogP contribution is -2.29. The van der Waals surface area contributed by atoms with Gasteiger partial charge in [0.1, 0.15) is 5.82 Å². The summed E-state index contributed by atoms with van der Waals surface area (Å²) in [5.41, 5.74) is 0. The standard InChI is InChI=1S/C12H18N4O2/c1-15(2)12-13-7-5-10(14-12)16(9-3-4-9)8-6-11(17)18/h5,7,9H,3-4,6,8H2,1-2H3,(H,17,18). The van der Waals surface area contributed by atoms with Crippen LogP contribution in [0.3, 0.4) is 0 Å². The lowest BCUT2D eigenvalue weighted by Gasteiger charge is -2.23. The molecule has 0 aromatic carbocycles. The number of hydrogen-bond donors (Lipinski definition) is 1. The van der Waals surface area contributed by atoms with Crippen molar-refractivity contribution in [1.82, 2.24) is 9.97 Å². The van der Waals surface area contributed by atoms with E-state index in [1.54, 1.807) is 6.20 Å². The largest absolute Gasteiger partial charge is 0.481 e. The minimum absolute atomic E-state index is 0.137. The Morgan fingerprint density at radius 3 is 2.78 bits per heavy atom. The van der Waals surface area contributed by atoms with Gasteiger partial charge >= 0.3 is 5.97 Å². The lowest BCUT2D eigenvalue weighted by atomic mass is 10.3. The summed E-state index contributed by atoms with van der Waals surface area (Å²) >= 11 is 0. The topological polar surface area (TPSA) is 69.6 Å². The fraction of sp³-hybridized carbons (Fsp3) is 0.583. The van der Waals surface area contributed by atoms with Crippen molar-refractivity contribution in [2.75, 3.05) is 30.4 Å². The third-order valence-corrected chi connectivity index (χ3v) is 2.88. The fourth-order valence-electron chi connectivity index (χ4n) is 1.80. The van der Waals surface area contributed by atoms with Gasteiger partial charge in [0.2, 0.25) is 5.95 Å². The molecule has 1 aromatic heterocycles. The predicted molar refractivity (Wildman–Crippen MR) is 69.0 cm³/mol. The zero-order chi connectivity index (χ0) is 13.1. The predicted octanol–water partition coefficient (Wildman–Crippen LogP) is 0.986. The average molecular weight is 250 g/mol. The van der Waals surface area contributed by atoms with Gasteiger partial charge in [-0.3, -0.25) is 4.79 Å². The number of rotatable bonds is 6. The second-order valence-corrected chi connectivity index (χ2v) is 4.68. The van der Waals surface area contributed by atoms with Crippen LogP contribution >= 0.6 is 0 Å². The van der Waals surface area contributed by atoms with Crippen molar-refractivity contribution in [3.05, 3.63) is 12.3 Å². The molecule has 18 heavy (non-hydrogen) atoms. The van der Waals surface area contributed by atoms with E-state index in [0.717, 1.165) is 18.7 Å². The molecule has 0 spiro atoms. The van der Waals surface area contributed by atoms with E-state index in [1.807, 2.05) is 25.1 Å². The summed E-state index contributed by atoms with van der Waals surface area (Å²) in [7, 11) is 3.77. The first-order chi connectivity index (χ1) is 8.58. The van der Waals surface area contributed by atoms with Gasteiger partial charge in [-0.15, -0.1) is 0 Å². The van der Waals surface area contributed by atoms with Crippen LogP contribution in [0.15, 0.2) is 12.3 Å². The van der Waals surface area contributed by atoms with Crippen LogP contribution in [-0.2, 0) is 4.79 Å². The number of nitrogens with zero attached hydrogens (tertiary/aromatic N) is 4. The van der Waals surface area contributed by atoms with Crippen LogP contribution in [0.1, 0.15) is 19.3 Å². The van der Waals surface area contributed by atoms with Gasteiger partial charge in [-0.1, -0.05) is 0 Å². The van der Waals surface area contributed by atoms with Crippen molar-refractivity contribution in [2.45, 2.75) is 25.3 Å². The Morgan fingerprint density at radius 1 is 1.50 bits per heavy atom. The van der Waals surface area contributed by atoms with Crippen molar-refractivity contribution < 1.29 is 9.90 Å². The second kappa shape index (κ2) is 5.20. The summed E-state index contributed by atoms with van der Waals surface area (Å²) in [5.74, 6) is 0.688. The molecule has 0 unspecified atom stereocenters. The molecule has 0 bridgehead atoms. The third kappa shape index (κ3) is 3.09. The summed E-state index contributed by atoms with van der Waals surface area (Å²) in [6.07, 6.45) is 4.08. The summed E-state index contributed by atoms with van der Waals surface area (Å²) in [5, 5.41) is 8.79. The van der Waals surface area contributed by atoms with E-state index in [-0.39, 0.29) is 6.42 Å². The highest BCUT2D eigenvalue weighted by molar-refractivity contribution is 5.67. The summed E-state index contributed by atoms with van der Waals surface area (Å²) < 4.78 is 0. The van der Waals surface area contributed by atoms with Crippen LogP contribution in [-0.4, -0.2) is 47.7 Å². The maximum atomic E-state index is 10.7. The van der Waals surface area contributed by atoms with E-state index in [4.69, 9.17) is 5.11 Å². The molecular formula is C12H18N4O2. The Labute approximate surface area is 106 Å². The van der Waals surface area contributed by atoms with Gasteiger partial charge in [-0.2, -0.15) is 4.98 Å². The monoisotopic (exact) mass is 250 g/mol. The molecule has 1 saturated carbocycles. The molecule has 0 amide bonds. The number of aromatic nitrogens is 2. The summed E-state index contributed by atoms with van der Waals surface area (Å²) in [4.78, 5) is 23.2. The van der Waals surface area contributed by atoms with Gasteiger partial charge in [0, 0.05) is 32.9 Å². The van der Waals surface area contributed by atoms with Crippen LogP contribution < -0.4 is 9.80 Å². The van der Waals surface area contributed by atoms with Gasteiger partial charge in [-0.25, -0.2) is 4.98 Å². The molecule has 0 saturated heterocycles. The zero-order valence-corrected chi connectivity index (χ0v) is 10.7. The molecule has 98 valence electrons. The molecule has 1 aliphatic rings. The Morgan fingerprint density at radius 2 is 2.22 bits per heavy atom. The Balaban J connectivity index is 2.14. The molecule has 0 radical (unpaired) electrons. The number of hydrogen-bond acceptors (Lipinski definition) is 5. The normalized spacial score (nSPS) is 14.3. The van der Waals surface area contributed by atoms with E-state index in [0.29, 0.717) is 18.5 Å². The van der Waals surface area contributed by atoms with E-state index in [1.165, 1.54) is 0 Å². The maximum Gasteiger partial charge on any atom is 0.305 e. The first kappa shape index (κ1) is 12.6. The van der Waals surface area contributed by atoms with Crippen LogP contribution in [0.5, 0.6) is 0 Å². The van der Waals surface area contributed by atoms with Crippen LogP contribution in [0.25, 0.3) is 0 Å². The van der Waals surface area contributed by atoms with Crippen LogP contribution in [0, 0.1) is 0 Å². The molecule has 1 aliphatic carbocycles. The van der Waals surface area contributed by atoms with Gasteiger partial charge in [0.05, 0.1) is 6.42 Å². The molecule has 1 aromatic rings. The molecule has 1 N–H and O–H groups in total. The summed E-state index contributed by atoms with van der Waals surface area (Å²) in [6.45, 7) is 0.504. The Hall–Kier alpha value is -1.85. The highest BCUT2D eigenvalue weighted by Gasteiger charge is 2.30. The molecule has 6 heteroatoms. The van der Waals surface area contributed by atoms with E-state index in [9.17, 15) is 4.79 Å². The minimum atomic E-state index is -0.775. The quantitative estimate of drug-likeness (QED) is 0.811.